The quantitative estimate of drug-likeness (QED) is 0.125. The molecule has 14 N–H and O–H groups in total. The number of H-pyrrole nitrogens is 1. The molecule has 1 aromatic carbocycles. The zero-order chi connectivity index (χ0) is 45.4. The summed E-state index contributed by atoms with van der Waals surface area (Å²) in [5.74, 6) is -8.31. The Labute approximate surface area is 360 Å². The predicted molar refractivity (Wildman–Crippen MR) is 222 cm³/mol. The highest BCUT2D eigenvalue weighted by molar-refractivity contribution is 7.99. The van der Waals surface area contributed by atoms with Gasteiger partial charge in [0.15, 0.2) is 0 Å². The highest BCUT2D eigenvalue weighted by Crippen LogP contribution is 2.33. The molecule has 10 atom stereocenters. The smallest absolute Gasteiger partial charge is 0.243 e. The number of nitrogens with one attached hydrogen (secondary N) is 8. The molecule has 0 saturated carbocycles. The Morgan fingerprint density at radius 2 is 1.63 bits per heavy atom. The number of phenols is 1. The fourth-order valence-corrected chi connectivity index (χ4v) is 8.75. The number of aromatic hydroxyl groups is 1. The molecule has 0 spiro atoms. The van der Waals surface area contributed by atoms with E-state index in [1.807, 2.05) is 0 Å². The molecule has 4 heterocycles. The van der Waals surface area contributed by atoms with E-state index in [0.717, 1.165) is 4.90 Å². The van der Waals surface area contributed by atoms with Gasteiger partial charge in [-0.3, -0.25) is 38.4 Å². The van der Waals surface area contributed by atoms with Gasteiger partial charge in [0.25, 0.3) is 0 Å². The lowest BCUT2D eigenvalue weighted by atomic mass is 9.93. The molecule has 5 rings (SSSR count). The van der Waals surface area contributed by atoms with Crippen molar-refractivity contribution in [1.29, 1.82) is 0 Å². The van der Waals surface area contributed by atoms with E-state index >= 15 is 0 Å². The fraction of sp³-hybridized carbons (Fsp3) is 0.590. The van der Waals surface area contributed by atoms with Crippen LogP contribution in [0.25, 0.3) is 10.9 Å². The topological polar surface area (TPSA) is 347 Å². The van der Waals surface area contributed by atoms with Crippen molar-refractivity contribution in [2.75, 3.05) is 38.5 Å². The third kappa shape index (κ3) is 11.7. The first-order chi connectivity index (χ1) is 29.4. The Morgan fingerprint density at radius 1 is 0.935 bits per heavy atom. The number of primary amides is 1. The van der Waals surface area contributed by atoms with Crippen LogP contribution in [0, 0.1) is 11.8 Å². The lowest BCUT2D eigenvalue weighted by Crippen LogP contribution is -2.61. The second-order valence-electron chi connectivity index (χ2n) is 16.0. The fourth-order valence-electron chi connectivity index (χ4n) is 7.63. The molecule has 22 nitrogen and oxygen atoms in total. The number of hydrogen-bond donors (Lipinski definition) is 13. The van der Waals surface area contributed by atoms with Crippen LogP contribution in [0.15, 0.2) is 23.2 Å². The molecular weight excluding hydrogens is 833 g/mol. The normalized spacial score (nSPS) is 27.9. The first-order valence-electron chi connectivity index (χ1n) is 20.4. The first kappa shape index (κ1) is 47.6. The number of thioether (sulfide) groups is 1. The minimum absolute atomic E-state index is 0.0524. The Bertz CT molecular complexity index is 2030. The Balaban J connectivity index is 1.67. The summed E-state index contributed by atoms with van der Waals surface area (Å²) in [6.07, 6.45) is -3.47. The summed E-state index contributed by atoms with van der Waals surface area (Å²) >= 11 is 1.17. The Morgan fingerprint density at radius 3 is 2.31 bits per heavy atom. The maximum absolute atomic E-state index is 14.4. The van der Waals surface area contributed by atoms with Gasteiger partial charge < -0.3 is 73.3 Å². The van der Waals surface area contributed by atoms with Crippen LogP contribution < -0.4 is 43.0 Å². The Kier molecular flexibility index (Phi) is 16.1. The lowest BCUT2D eigenvalue weighted by Gasteiger charge is -2.33. The molecule has 340 valence electrons. The number of aromatic amines is 1. The minimum Gasteiger partial charge on any atom is -0.508 e. The number of benzene rings is 1. The monoisotopic (exact) mass is 888 g/mol. The molecule has 62 heavy (non-hydrogen) atoms. The van der Waals surface area contributed by atoms with Gasteiger partial charge in [-0.1, -0.05) is 27.2 Å². The van der Waals surface area contributed by atoms with Gasteiger partial charge in [-0.15, -0.1) is 11.8 Å². The van der Waals surface area contributed by atoms with Gasteiger partial charge in [0.1, 0.15) is 29.9 Å². The number of carbonyl (C=O) groups is 8. The molecule has 0 radical (unpaired) electrons. The van der Waals surface area contributed by atoms with E-state index in [1.165, 1.54) is 30.8 Å². The van der Waals surface area contributed by atoms with E-state index in [2.05, 4.69) is 42.2 Å². The van der Waals surface area contributed by atoms with Crippen molar-refractivity contribution >= 4 is 69.9 Å². The number of nitrogens with zero attached hydrogens (tertiary/aromatic N) is 1. The van der Waals surface area contributed by atoms with Crippen LogP contribution in [0.2, 0.25) is 0 Å². The Hall–Kier alpha value is -5.49. The van der Waals surface area contributed by atoms with Crippen LogP contribution in [0.4, 0.5) is 0 Å². The highest BCUT2D eigenvalue weighted by Gasteiger charge is 2.44. The summed E-state index contributed by atoms with van der Waals surface area (Å²) < 4.78 is 0. The lowest BCUT2D eigenvalue weighted by molar-refractivity contribution is -0.142. The number of aliphatic hydroxyl groups excluding tert-OH is 3. The van der Waals surface area contributed by atoms with Crippen molar-refractivity contribution in [2.45, 2.75) is 99.9 Å². The summed E-state index contributed by atoms with van der Waals surface area (Å²) in [6, 6.07) is -3.47. The third-order valence-electron chi connectivity index (χ3n) is 11.4. The SMILES string of the molecule is CC[C@H](C)[C@@H]1NC(=O)CNC(=O)[C@H]2Cc3c([nH]c4ccc(O)cc34)SC[C@H](CN[C@@H](CC(N)=O)C(=O)N3C[C@H](O)C[C@H]3C(=O)N[C@@H]([C@@H](C)[C@@H](O)CO)C(=O)N2)NC(=O)CNC1=O. The number of carbonyl (C=O) groups excluding carboxylic acids is 8. The number of aliphatic hydroxyl groups is 3. The molecule has 0 unspecified atom stereocenters. The zero-order valence-corrected chi connectivity index (χ0v) is 35.4. The van der Waals surface area contributed by atoms with Crippen LogP contribution >= 0.6 is 11.8 Å². The highest BCUT2D eigenvalue weighted by atomic mass is 32.2. The average molecular weight is 889 g/mol. The number of fused-ring (bicyclic) bond motifs is 5. The van der Waals surface area contributed by atoms with E-state index in [4.69, 9.17) is 5.73 Å². The molecule has 8 amide bonds. The standard InChI is InChI=1S/C39H56N10O12S/c1-4-17(2)32-36(59)43-12-30(55)44-19-11-41-26(10-29(40)54)39(61)49-14-21(52)8-27(49)35(58)48-33(18(3)28(53)15-50)37(60)45-25(34(57)42-13-31(56)47-32)9-23-22-7-20(51)5-6-24(22)46-38(23)62-16-19/h5-7,17-19,21,25-28,32-33,41,46,50-53H,4,8-16H2,1-3H3,(H2,40,54)(H,42,57)(H,43,59)(H,44,55)(H,45,60)(H,47,56)(H,48,58)/t17-,18-,19-,21+,25+,26-,27-,28-,32-,33-/m0/s1. The van der Waals surface area contributed by atoms with Crippen LogP contribution in [-0.2, 0) is 44.8 Å². The van der Waals surface area contributed by atoms with Crippen LogP contribution in [0.3, 0.4) is 0 Å². The largest absolute Gasteiger partial charge is 0.508 e. The third-order valence-corrected chi connectivity index (χ3v) is 12.6. The molecule has 3 aliphatic rings. The van der Waals surface area contributed by atoms with E-state index in [1.54, 1.807) is 19.9 Å². The summed E-state index contributed by atoms with van der Waals surface area (Å²) in [5, 5.41) is 61.4. The predicted octanol–water partition coefficient (Wildman–Crippen LogP) is -4.46. The van der Waals surface area contributed by atoms with Crippen molar-refractivity contribution in [1.82, 2.24) is 47.1 Å². The molecule has 1 aromatic heterocycles. The van der Waals surface area contributed by atoms with Gasteiger partial charge in [0.05, 0.1) is 55.4 Å². The average Bonchev–Trinajstić information content (AvgIpc) is 3.80. The molecule has 2 bridgehead atoms. The number of amides is 8. The van der Waals surface area contributed by atoms with Crippen molar-refractivity contribution in [3.8, 4) is 5.75 Å². The summed E-state index contributed by atoms with van der Waals surface area (Å²) in [7, 11) is 0. The number of aromatic nitrogens is 1. The first-order valence-corrected chi connectivity index (χ1v) is 21.4. The summed E-state index contributed by atoms with van der Waals surface area (Å²) in [6.45, 7) is 2.35. The number of rotatable bonds is 7. The van der Waals surface area contributed by atoms with Gasteiger partial charge in [-0.25, -0.2) is 0 Å². The van der Waals surface area contributed by atoms with Crippen molar-refractivity contribution in [2.24, 2.45) is 17.6 Å². The van der Waals surface area contributed by atoms with Gasteiger partial charge in [0.2, 0.25) is 47.3 Å². The molecule has 1 saturated heterocycles. The number of phenolic OH excluding ortho intramolecular Hbond substituents is 1. The number of hydrogen-bond acceptors (Lipinski definition) is 14. The number of nitrogens with two attached hydrogens (primary N) is 1. The van der Waals surface area contributed by atoms with Crippen molar-refractivity contribution in [3.63, 3.8) is 0 Å². The zero-order valence-electron chi connectivity index (χ0n) is 34.6. The van der Waals surface area contributed by atoms with Crippen molar-refractivity contribution < 1.29 is 58.8 Å². The van der Waals surface area contributed by atoms with Gasteiger partial charge in [0, 0.05) is 48.5 Å². The van der Waals surface area contributed by atoms with Crippen LogP contribution in [0.1, 0.15) is 45.6 Å². The van der Waals surface area contributed by atoms with Gasteiger partial charge in [-0.05, 0) is 29.7 Å². The maximum atomic E-state index is 14.4. The molecule has 2 aromatic rings. The molecule has 3 aliphatic heterocycles. The molecule has 23 heteroatoms. The minimum atomic E-state index is -1.66. The van der Waals surface area contributed by atoms with Gasteiger partial charge >= 0.3 is 0 Å². The van der Waals surface area contributed by atoms with Crippen LogP contribution in [-0.4, -0.2) is 165 Å². The van der Waals surface area contributed by atoms with E-state index in [9.17, 15) is 58.8 Å². The summed E-state index contributed by atoms with van der Waals surface area (Å²) in [4.78, 5) is 114. The second kappa shape index (κ2) is 21.1. The van der Waals surface area contributed by atoms with E-state index < -0.39 is 134 Å². The van der Waals surface area contributed by atoms with Gasteiger partial charge in [-0.2, -0.15) is 0 Å². The van der Waals surface area contributed by atoms with E-state index in [-0.39, 0.29) is 37.4 Å². The van der Waals surface area contributed by atoms with Crippen molar-refractivity contribution in [3.05, 3.63) is 23.8 Å². The van der Waals surface area contributed by atoms with E-state index in [0.29, 0.717) is 27.9 Å². The second-order valence-corrected chi connectivity index (χ2v) is 17.0. The van der Waals surface area contributed by atoms with Crippen LogP contribution in [0.5, 0.6) is 5.75 Å². The summed E-state index contributed by atoms with van der Waals surface area (Å²) in [5.41, 5.74) is 6.49. The molecule has 0 aliphatic carbocycles. The molecule has 1 fully saturated rings. The maximum Gasteiger partial charge on any atom is 0.243 e. The molecular formula is C39H56N10O12S.